The summed E-state index contributed by atoms with van der Waals surface area (Å²) in [5.41, 5.74) is 5.18. The van der Waals surface area contributed by atoms with Crippen molar-refractivity contribution in [1.82, 2.24) is 4.98 Å². The van der Waals surface area contributed by atoms with E-state index in [0.29, 0.717) is 22.4 Å². The van der Waals surface area contributed by atoms with Crippen LogP contribution in [0, 0.1) is 13.8 Å². The minimum absolute atomic E-state index is 0.144. The minimum Gasteiger partial charge on any atom is -0.482 e. The van der Waals surface area contributed by atoms with Crippen LogP contribution in [0.4, 0.5) is 5.69 Å². The van der Waals surface area contributed by atoms with E-state index in [1.165, 1.54) is 0 Å². The van der Waals surface area contributed by atoms with Crippen LogP contribution in [-0.2, 0) is 4.79 Å². The third-order valence-corrected chi connectivity index (χ3v) is 4.72. The SMILES string of the molecule is Cc1cc(C)c2oc(-c3cccc(NC(=O)COc4ccccc4Cl)c3)nc2c1. The Bertz CT molecular complexity index is 1200. The van der Waals surface area contributed by atoms with Gasteiger partial charge >= 0.3 is 0 Å². The maximum atomic E-state index is 12.2. The number of aromatic nitrogens is 1. The predicted octanol–water partition coefficient (Wildman–Crippen LogP) is 5.78. The van der Waals surface area contributed by atoms with E-state index < -0.39 is 0 Å². The number of nitrogens with one attached hydrogen (secondary N) is 1. The van der Waals surface area contributed by atoms with Crippen LogP contribution in [0.2, 0.25) is 5.02 Å². The van der Waals surface area contributed by atoms with Gasteiger partial charge in [-0.2, -0.15) is 0 Å². The van der Waals surface area contributed by atoms with E-state index >= 15 is 0 Å². The van der Waals surface area contributed by atoms with E-state index in [2.05, 4.69) is 16.4 Å². The highest BCUT2D eigenvalue weighted by molar-refractivity contribution is 6.32. The van der Waals surface area contributed by atoms with Gasteiger partial charge in [-0.25, -0.2) is 4.98 Å². The Morgan fingerprint density at radius 3 is 2.76 bits per heavy atom. The number of hydrogen-bond acceptors (Lipinski definition) is 4. The standard InChI is InChI=1S/C23H19ClN2O3/c1-14-10-15(2)22-19(11-14)26-23(29-22)16-6-5-7-17(12-16)25-21(27)13-28-20-9-4-3-8-18(20)24/h3-12H,13H2,1-2H3,(H,25,27). The molecule has 6 heteroatoms. The van der Waals surface area contributed by atoms with Gasteiger partial charge in [0.2, 0.25) is 5.89 Å². The van der Waals surface area contributed by atoms with Crippen LogP contribution in [0.5, 0.6) is 5.75 Å². The summed E-state index contributed by atoms with van der Waals surface area (Å²) < 4.78 is 11.4. The van der Waals surface area contributed by atoms with Gasteiger partial charge in [0.15, 0.2) is 12.2 Å². The van der Waals surface area contributed by atoms with Gasteiger partial charge in [0, 0.05) is 11.3 Å². The summed E-state index contributed by atoms with van der Waals surface area (Å²) in [6.07, 6.45) is 0. The molecule has 0 bridgehead atoms. The molecule has 0 aliphatic rings. The summed E-state index contributed by atoms with van der Waals surface area (Å²) >= 11 is 6.04. The van der Waals surface area contributed by atoms with Gasteiger partial charge in [-0.3, -0.25) is 4.79 Å². The molecule has 0 unspecified atom stereocenters. The third-order valence-electron chi connectivity index (χ3n) is 4.41. The molecule has 1 amide bonds. The monoisotopic (exact) mass is 406 g/mol. The number of aryl methyl sites for hydroxylation is 2. The molecule has 0 radical (unpaired) electrons. The molecule has 29 heavy (non-hydrogen) atoms. The highest BCUT2D eigenvalue weighted by atomic mass is 35.5. The predicted molar refractivity (Wildman–Crippen MR) is 114 cm³/mol. The topological polar surface area (TPSA) is 64.4 Å². The fraction of sp³-hybridized carbons (Fsp3) is 0.130. The largest absolute Gasteiger partial charge is 0.482 e. The number of anilines is 1. The quantitative estimate of drug-likeness (QED) is 0.456. The molecule has 5 nitrogen and oxygen atoms in total. The Morgan fingerprint density at radius 2 is 1.93 bits per heavy atom. The molecular formula is C23H19ClN2O3. The summed E-state index contributed by atoms with van der Waals surface area (Å²) in [4.78, 5) is 16.8. The molecule has 3 aromatic carbocycles. The van der Waals surface area contributed by atoms with E-state index in [9.17, 15) is 4.79 Å². The fourth-order valence-electron chi connectivity index (χ4n) is 3.13. The molecule has 146 valence electrons. The van der Waals surface area contributed by atoms with Gasteiger partial charge in [0.05, 0.1) is 5.02 Å². The lowest BCUT2D eigenvalue weighted by Crippen LogP contribution is -2.20. The van der Waals surface area contributed by atoms with Crippen LogP contribution in [-0.4, -0.2) is 17.5 Å². The number of halogens is 1. The molecule has 4 aromatic rings. The fourth-order valence-corrected chi connectivity index (χ4v) is 3.32. The van der Waals surface area contributed by atoms with Gasteiger partial charge in [-0.1, -0.05) is 35.9 Å². The van der Waals surface area contributed by atoms with Crippen molar-refractivity contribution in [2.45, 2.75) is 13.8 Å². The van der Waals surface area contributed by atoms with Gasteiger partial charge in [0.1, 0.15) is 11.3 Å². The van der Waals surface area contributed by atoms with Crippen LogP contribution in [0.25, 0.3) is 22.6 Å². The number of oxazole rings is 1. The molecule has 0 aliphatic heterocycles. The minimum atomic E-state index is -0.286. The maximum absolute atomic E-state index is 12.2. The van der Waals surface area contributed by atoms with Crippen LogP contribution in [0.1, 0.15) is 11.1 Å². The molecule has 1 N–H and O–H groups in total. The molecular weight excluding hydrogens is 388 g/mol. The lowest BCUT2D eigenvalue weighted by molar-refractivity contribution is -0.118. The average Bonchev–Trinajstić information content (AvgIpc) is 3.12. The Kier molecular flexibility index (Phi) is 5.23. The second kappa shape index (κ2) is 7.97. The van der Waals surface area contributed by atoms with Gasteiger partial charge < -0.3 is 14.5 Å². The van der Waals surface area contributed by atoms with Crippen molar-refractivity contribution in [3.05, 3.63) is 76.8 Å². The summed E-state index contributed by atoms with van der Waals surface area (Å²) in [5, 5.41) is 3.28. The number of carbonyl (C=O) groups excluding carboxylic acids is 1. The smallest absolute Gasteiger partial charge is 0.262 e. The molecule has 0 aliphatic carbocycles. The highest BCUT2D eigenvalue weighted by Gasteiger charge is 2.12. The van der Waals surface area contributed by atoms with Crippen molar-refractivity contribution in [2.24, 2.45) is 0 Å². The normalized spacial score (nSPS) is 10.9. The number of fused-ring (bicyclic) bond motifs is 1. The summed E-state index contributed by atoms with van der Waals surface area (Å²) in [5.74, 6) is 0.693. The number of amides is 1. The van der Waals surface area contributed by atoms with Crippen LogP contribution >= 0.6 is 11.6 Å². The molecule has 0 saturated carbocycles. The summed E-state index contributed by atoms with van der Waals surface area (Å²) in [7, 11) is 0. The number of hydrogen-bond donors (Lipinski definition) is 1. The molecule has 0 saturated heterocycles. The first-order chi connectivity index (χ1) is 14.0. The average molecular weight is 407 g/mol. The molecule has 0 spiro atoms. The molecule has 1 heterocycles. The zero-order valence-corrected chi connectivity index (χ0v) is 16.8. The van der Waals surface area contributed by atoms with Gasteiger partial charge in [-0.05, 0) is 61.4 Å². The van der Waals surface area contributed by atoms with Gasteiger partial charge in [-0.15, -0.1) is 0 Å². The number of carbonyl (C=O) groups is 1. The number of para-hydroxylation sites is 1. The first-order valence-electron chi connectivity index (χ1n) is 9.15. The first-order valence-corrected chi connectivity index (χ1v) is 9.53. The van der Waals surface area contributed by atoms with Crippen molar-refractivity contribution >= 4 is 34.3 Å². The van der Waals surface area contributed by atoms with E-state index in [0.717, 1.165) is 27.8 Å². The number of ether oxygens (including phenoxy) is 1. The Morgan fingerprint density at radius 1 is 1.10 bits per heavy atom. The first kappa shape index (κ1) is 19.0. The number of nitrogens with zero attached hydrogens (tertiary/aromatic N) is 1. The van der Waals surface area contributed by atoms with Gasteiger partial charge in [0.25, 0.3) is 5.91 Å². The number of rotatable bonds is 5. The van der Waals surface area contributed by atoms with Crippen molar-refractivity contribution < 1.29 is 13.9 Å². The Labute approximate surface area is 173 Å². The molecule has 0 atom stereocenters. The zero-order chi connectivity index (χ0) is 20.4. The highest BCUT2D eigenvalue weighted by Crippen LogP contribution is 2.29. The van der Waals surface area contributed by atoms with E-state index in [1.54, 1.807) is 30.3 Å². The number of benzene rings is 3. The lowest BCUT2D eigenvalue weighted by Gasteiger charge is -2.09. The zero-order valence-electron chi connectivity index (χ0n) is 16.0. The third kappa shape index (κ3) is 4.25. The van der Waals surface area contributed by atoms with Crippen molar-refractivity contribution in [1.29, 1.82) is 0 Å². The molecule has 0 fully saturated rings. The van der Waals surface area contributed by atoms with Crippen LogP contribution in [0.3, 0.4) is 0 Å². The van der Waals surface area contributed by atoms with Crippen molar-refractivity contribution in [2.75, 3.05) is 11.9 Å². The second-order valence-electron chi connectivity index (χ2n) is 6.80. The van der Waals surface area contributed by atoms with E-state index in [1.807, 2.05) is 38.1 Å². The summed E-state index contributed by atoms with van der Waals surface area (Å²) in [6, 6.07) is 18.4. The van der Waals surface area contributed by atoms with Crippen LogP contribution in [0.15, 0.2) is 65.1 Å². The molecule has 4 rings (SSSR count). The van der Waals surface area contributed by atoms with E-state index in [-0.39, 0.29) is 12.5 Å². The maximum Gasteiger partial charge on any atom is 0.262 e. The Balaban J connectivity index is 1.49. The molecule has 1 aromatic heterocycles. The van der Waals surface area contributed by atoms with E-state index in [4.69, 9.17) is 20.8 Å². The second-order valence-corrected chi connectivity index (χ2v) is 7.20. The van der Waals surface area contributed by atoms with Crippen LogP contribution < -0.4 is 10.1 Å². The Hall–Kier alpha value is -3.31. The lowest BCUT2D eigenvalue weighted by atomic mass is 10.1. The van der Waals surface area contributed by atoms with Crippen molar-refractivity contribution in [3.63, 3.8) is 0 Å². The summed E-state index contributed by atoms with van der Waals surface area (Å²) in [6.45, 7) is 3.89. The van der Waals surface area contributed by atoms with Crippen molar-refractivity contribution in [3.8, 4) is 17.2 Å².